The molecule has 5 nitrogen and oxygen atoms in total. The first-order valence-corrected chi connectivity index (χ1v) is 8.08. The van der Waals surface area contributed by atoms with E-state index in [1.54, 1.807) is 27.9 Å². The van der Waals surface area contributed by atoms with Crippen LogP contribution >= 0.6 is 11.6 Å². The normalized spacial score (nSPS) is 25.7. The van der Waals surface area contributed by atoms with Crippen molar-refractivity contribution < 1.29 is 19.0 Å². The molecule has 0 radical (unpaired) electrons. The number of alkyl halides is 1. The van der Waals surface area contributed by atoms with Crippen LogP contribution in [0.5, 0.6) is 5.75 Å². The minimum atomic E-state index is -1.33. The van der Waals surface area contributed by atoms with Gasteiger partial charge in [0.25, 0.3) is 0 Å². The second kappa shape index (κ2) is 6.62. The number of carbonyl (C=O) groups excluding carboxylic acids is 1. The van der Waals surface area contributed by atoms with Crippen LogP contribution in [0.2, 0.25) is 0 Å². The summed E-state index contributed by atoms with van der Waals surface area (Å²) >= 11 is 6.44. The zero-order chi connectivity index (χ0) is 18.0. The van der Waals surface area contributed by atoms with Crippen molar-refractivity contribution >= 4 is 17.6 Å². The van der Waals surface area contributed by atoms with E-state index in [1.807, 2.05) is 30.3 Å². The molecule has 1 fully saturated rings. The van der Waals surface area contributed by atoms with Gasteiger partial charge in [0.1, 0.15) is 11.4 Å². The molecule has 2 atom stereocenters. The van der Waals surface area contributed by atoms with E-state index in [1.165, 1.54) is 0 Å². The Bertz CT molecular complexity index is 646. The maximum atomic E-state index is 12.3. The fraction of sp³-hybridized carbons (Fsp3) is 0.556. The molecule has 1 aromatic carbocycles. The Kier molecular flexibility index (Phi) is 5.12. The molecule has 0 heterocycles. The van der Waals surface area contributed by atoms with Gasteiger partial charge in [0.15, 0.2) is 5.41 Å². The van der Waals surface area contributed by atoms with Gasteiger partial charge in [-0.3, -0.25) is 4.79 Å². The summed E-state index contributed by atoms with van der Waals surface area (Å²) in [7, 11) is 1.61. The molecule has 0 aromatic heterocycles. The highest BCUT2D eigenvalue weighted by Crippen LogP contribution is 2.61. The predicted octanol–water partition coefficient (Wildman–Crippen LogP) is 3.44. The van der Waals surface area contributed by atoms with E-state index >= 15 is 0 Å². The summed E-state index contributed by atoms with van der Waals surface area (Å²) in [5.74, 6) is 0.184. The van der Waals surface area contributed by atoms with Gasteiger partial charge >= 0.3 is 5.97 Å². The van der Waals surface area contributed by atoms with Crippen LogP contribution in [0.3, 0.4) is 0 Å². The van der Waals surface area contributed by atoms with E-state index < -0.39 is 21.9 Å². The van der Waals surface area contributed by atoms with E-state index in [2.05, 4.69) is 0 Å². The first-order valence-electron chi connectivity index (χ1n) is 7.70. The van der Waals surface area contributed by atoms with Crippen LogP contribution < -0.4 is 4.74 Å². The SMILES string of the molecule is COc1ccc(COC[C@]2(Cl)C[C@]2(C#N)C(=O)OC(C)(C)C)cc1. The van der Waals surface area contributed by atoms with Crippen LogP contribution in [0.15, 0.2) is 24.3 Å². The van der Waals surface area contributed by atoms with Gasteiger partial charge in [-0.1, -0.05) is 12.1 Å². The second-order valence-corrected chi connectivity index (χ2v) is 7.73. The Morgan fingerprint density at radius 2 is 1.96 bits per heavy atom. The highest BCUT2D eigenvalue weighted by atomic mass is 35.5. The van der Waals surface area contributed by atoms with Gasteiger partial charge in [-0.05, 0) is 38.5 Å². The third-order valence-corrected chi connectivity index (χ3v) is 4.45. The molecular formula is C18H22ClNO4. The molecule has 0 aliphatic heterocycles. The number of ether oxygens (including phenoxy) is 3. The molecule has 1 saturated carbocycles. The number of benzene rings is 1. The van der Waals surface area contributed by atoms with Crippen molar-refractivity contribution in [3.8, 4) is 11.8 Å². The largest absolute Gasteiger partial charge is 0.497 e. The number of nitriles is 1. The van der Waals surface area contributed by atoms with E-state index in [4.69, 9.17) is 25.8 Å². The van der Waals surface area contributed by atoms with E-state index in [-0.39, 0.29) is 13.0 Å². The summed E-state index contributed by atoms with van der Waals surface area (Å²) in [6, 6.07) is 9.48. The lowest BCUT2D eigenvalue weighted by molar-refractivity contribution is -0.159. The van der Waals surface area contributed by atoms with Crippen LogP contribution in [-0.2, 0) is 20.9 Å². The van der Waals surface area contributed by atoms with Crippen molar-refractivity contribution in [1.82, 2.24) is 0 Å². The summed E-state index contributed by atoms with van der Waals surface area (Å²) in [5.41, 5.74) is -1.04. The molecule has 0 N–H and O–H groups in total. The third-order valence-electron chi connectivity index (χ3n) is 3.88. The minimum absolute atomic E-state index is 0.105. The first-order chi connectivity index (χ1) is 11.2. The van der Waals surface area contributed by atoms with Gasteiger partial charge in [0.2, 0.25) is 0 Å². The lowest BCUT2D eigenvalue weighted by Crippen LogP contribution is -2.34. The van der Waals surface area contributed by atoms with Gasteiger partial charge in [-0.15, -0.1) is 11.6 Å². The highest BCUT2D eigenvalue weighted by Gasteiger charge is 2.74. The lowest BCUT2D eigenvalue weighted by atomic mass is 10.1. The van der Waals surface area contributed by atoms with Crippen molar-refractivity contribution in [2.24, 2.45) is 5.41 Å². The van der Waals surface area contributed by atoms with Gasteiger partial charge in [-0.25, -0.2) is 0 Å². The standard InChI is InChI=1S/C18H22ClNO4/c1-16(2,3)24-15(21)17(11-20)10-18(17,19)12-23-9-13-5-7-14(22-4)8-6-13/h5-8H,9-10,12H2,1-4H3/t17-,18+/m0/s1. The van der Waals surface area contributed by atoms with E-state index in [0.717, 1.165) is 11.3 Å². The number of methoxy groups -OCH3 is 1. The topological polar surface area (TPSA) is 68.5 Å². The molecule has 1 aromatic rings. The van der Waals surface area contributed by atoms with Crippen molar-refractivity contribution in [3.63, 3.8) is 0 Å². The fourth-order valence-corrected chi connectivity index (χ4v) is 2.81. The van der Waals surface area contributed by atoms with Crippen molar-refractivity contribution in [2.75, 3.05) is 13.7 Å². The van der Waals surface area contributed by atoms with Crippen LogP contribution in [0.25, 0.3) is 0 Å². The van der Waals surface area contributed by atoms with Gasteiger partial charge in [0.05, 0.1) is 31.3 Å². The Morgan fingerprint density at radius 3 is 2.46 bits per heavy atom. The number of hydrogen-bond acceptors (Lipinski definition) is 5. The molecule has 1 aliphatic carbocycles. The fourth-order valence-electron chi connectivity index (χ4n) is 2.41. The molecule has 130 valence electrons. The lowest BCUT2D eigenvalue weighted by Gasteiger charge is -2.22. The molecule has 1 aliphatic rings. The van der Waals surface area contributed by atoms with Gasteiger partial charge in [0, 0.05) is 6.42 Å². The summed E-state index contributed by atoms with van der Waals surface area (Å²) < 4.78 is 16.0. The maximum Gasteiger partial charge on any atom is 0.329 e. The van der Waals surface area contributed by atoms with Gasteiger partial charge < -0.3 is 14.2 Å². The average Bonchev–Trinajstić information content (AvgIpc) is 3.13. The van der Waals surface area contributed by atoms with Crippen LogP contribution in [-0.4, -0.2) is 30.2 Å². The number of nitrogens with zero attached hydrogens (tertiary/aromatic N) is 1. The Balaban J connectivity index is 1.92. The maximum absolute atomic E-state index is 12.3. The summed E-state index contributed by atoms with van der Waals surface area (Å²) in [5, 5.41) is 9.43. The predicted molar refractivity (Wildman–Crippen MR) is 89.7 cm³/mol. The summed E-state index contributed by atoms with van der Waals surface area (Å²) in [6.45, 7) is 5.72. The zero-order valence-electron chi connectivity index (χ0n) is 14.4. The molecule has 0 bridgehead atoms. The minimum Gasteiger partial charge on any atom is -0.497 e. The highest BCUT2D eigenvalue weighted by molar-refractivity contribution is 6.30. The van der Waals surface area contributed by atoms with Crippen molar-refractivity contribution in [3.05, 3.63) is 29.8 Å². The van der Waals surface area contributed by atoms with E-state index in [9.17, 15) is 10.1 Å². The quantitative estimate of drug-likeness (QED) is 0.580. The van der Waals surface area contributed by atoms with Crippen molar-refractivity contribution in [2.45, 2.75) is 44.3 Å². The summed E-state index contributed by atoms with van der Waals surface area (Å²) in [4.78, 5) is 11.3. The molecule has 6 heteroatoms. The van der Waals surface area contributed by atoms with Crippen LogP contribution in [0.4, 0.5) is 0 Å². The molecule has 24 heavy (non-hydrogen) atoms. The first kappa shape index (κ1) is 18.6. The zero-order valence-corrected chi connectivity index (χ0v) is 15.1. The molecule has 2 rings (SSSR count). The van der Waals surface area contributed by atoms with Gasteiger partial charge in [-0.2, -0.15) is 5.26 Å². The average molecular weight is 352 g/mol. The number of rotatable bonds is 6. The summed E-state index contributed by atoms with van der Waals surface area (Å²) in [6.07, 6.45) is 0.232. The number of esters is 1. The Morgan fingerprint density at radius 1 is 1.33 bits per heavy atom. The smallest absolute Gasteiger partial charge is 0.329 e. The number of carbonyl (C=O) groups is 1. The number of hydrogen-bond donors (Lipinski definition) is 0. The van der Waals surface area contributed by atoms with Crippen molar-refractivity contribution in [1.29, 1.82) is 5.26 Å². The molecule has 0 saturated heterocycles. The van der Waals surface area contributed by atoms with Crippen LogP contribution in [0, 0.1) is 16.7 Å². The monoisotopic (exact) mass is 351 g/mol. The molecular weight excluding hydrogens is 330 g/mol. The van der Waals surface area contributed by atoms with E-state index in [0.29, 0.717) is 6.61 Å². The Labute approximate surface area is 147 Å². The number of halogens is 1. The Hall–Kier alpha value is -1.77. The second-order valence-electron chi connectivity index (χ2n) is 7.00. The molecule has 0 amide bonds. The molecule has 0 unspecified atom stereocenters. The van der Waals surface area contributed by atoms with Crippen LogP contribution in [0.1, 0.15) is 32.8 Å². The third kappa shape index (κ3) is 3.82. The molecule has 0 spiro atoms.